The smallest absolute Gasteiger partial charge is 0.408 e. The second kappa shape index (κ2) is 17.5. The number of amides is 2. The number of esters is 1. The largest absolute Gasteiger partial charge is 0.508 e. The monoisotopic (exact) mass is 658 g/mol. The normalized spacial score (nSPS) is 12.0. The van der Waals surface area contributed by atoms with Gasteiger partial charge in [-0.2, -0.15) is 0 Å². The minimum atomic E-state index is -1.09. The average molecular weight is 659 g/mol. The minimum absolute atomic E-state index is 0.0140. The van der Waals surface area contributed by atoms with Gasteiger partial charge in [0.05, 0.1) is 26.6 Å². The summed E-state index contributed by atoms with van der Waals surface area (Å²) in [6.07, 6.45) is -0.676. The molecule has 11 heteroatoms. The quantitative estimate of drug-likeness (QED) is 0.143. The van der Waals surface area contributed by atoms with E-state index in [9.17, 15) is 19.5 Å². The zero-order chi connectivity index (χ0) is 33.6. The Morgan fingerprint density at radius 1 is 0.702 bits per heavy atom. The van der Waals surface area contributed by atoms with Crippen LogP contribution in [0.2, 0.25) is 0 Å². The fourth-order valence-electron chi connectivity index (χ4n) is 4.70. The van der Waals surface area contributed by atoms with Gasteiger partial charge in [-0.15, -0.1) is 11.8 Å². The number of hydrogen-bond donors (Lipinski definition) is 3. The molecule has 10 nitrogen and oxygen atoms in total. The van der Waals surface area contributed by atoms with Crippen LogP contribution in [0.15, 0.2) is 103 Å². The van der Waals surface area contributed by atoms with Crippen molar-refractivity contribution in [1.29, 1.82) is 0 Å². The van der Waals surface area contributed by atoms with Crippen molar-refractivity contribution in [3.05, 3.63) is 125 Å². The summed E-state index contributed by atoms with van der Waals surface area (Å²) in [6, 6.07) is 28.6. The van der Waals surface area contributed by atoms with Crippen LogP contribution in [0.3, 0.4) is 0 Å². The molecule has 0 unspecified atom stereocenters. The Hall–Kier alpha value is -5.16. The first-order valence-electron chi connectivity index (χ1n) is 14.8. The van der Waals surface area contributed by atoms with Crippen LogP contribution >= 0.6 is 11.8 Å². The Balaban J connectivity index is 1.57. The first-order chi connectivity index (χ1) is 22.8. The van der Waals surface area contributed by atoms with E-state index in [0.29, 0.717) is 17.1 Å². The summed E-state index contributed by atoms with van der Waals surface area (Å²) < 4.78 is 21.1. The number of alkyl carbamates (subject to hydrolysis) is 1. The zero-order valence-corrected chi connectivity index (χ0v) is 27.2. The summed E-state index contributed by atoms with van der Waals surface area (Å²) in [7, 11) is 4.43. The molecule has 0 heterocycles. The molecule has 0 saturated carbocycles. The number of phenolic OH excluding ortho intramolecular Hbond substituents is 1. The fourth-order valence-corrected chi connectivity index (χ4v) is 6.02. The Morgan fingerprint density at radius 2 is 1.28 bits per heavy atom. The van der Waals surface area contributed by atoms with Crippen LogP contribution in [0.5, 0.6) is 17.2 Å². The topological polar surface area (TPSA) is 132 Å². The summed E-state index contributed by atoms with van der Waals surface area (Å²) in [6.45, 7) is 0.0140. The van der Waals surface area contributed by atoms with Crippen LogP contribution in [0.25, 0.3) is 0 Å². The molecule has 2 amide bonds. The Kier molecular flexibility index (Phi) is 12.9. The van der Waals surface area contributed by atoms with E-state index in [1.807, 2.05) is 78.9 Å². The van der Waals surface area contributed by atoms with Crippen molar-refractivity contribution in [3.8, 4) is 17.2 Å². The number of methoxy groups -OCH3 is 3. The van der Waals surface area contributed by atoms with Gasteiger partial charge in [-0.25, -0.2) is 9.59 Å². The highest BCUT2D eigenvalue weighted by Crippen LogP contribution is 2.37. The van der Waals surface area contributed by atoms with Crippen LogP contribution in [-0.2, 0) is 32.1 Å². The van der Waals surface area contributed by atoms with Gasteiger partial charge in [-0.3, -0.25) is 4.79 Å². The highest BCUT2D eigenvalue weighted by Gasteiger charge is 2.29. The van der Waals surface area contributed by atoms with E-state index >= 15 is 0 Å². The molecule has 4 aromatic rings. The number of thioether (sulfide) groups is 1. The third kappa shape index (κ3) is 10.4. The Bertz CT molecular complexity index is 1540. The summed E-state index contributed by atoms with van der Waals surface area (Å²) in [5.74, 6) is 0.364. The first-order valence-corrected chi connectivity index (χ1v) is 15.9. The number of ether oxygens (including phenoxy) is 4. The number of carbonyl (C=O) groups excluding carboxylic acids is 3. The van der Waals surface area contributed by atoms with Gasteiger partial charge < -0.3 is 34.7 Å². The first kappa shape index (κ1) is 34.7. The maximum Gasteiger partial charge on any atom is 0.408 e. The predicted molar refractivity (Wildman–Crippen MR) is 180 cm³/mol. The van der Waals surface area contributed by atoms with E-state index in [-0.39, 0.29) is 29.8 Å². The maximum atomic E-state index is 13.8. The van der Waals surface area contributed by atoms with Gasteiger partial charge in [0.1, 0.15) is 35.9 Å². The van der Waals surface area contributed by atoms with Crippen LogP contribution in [0, 0.1) is 0 Å². The lowest BCUT2D eigenvalue weighted by atomic mass is 10.0. The highest BCUT2D eigenvalue weighted by atomic mass is 32.2. The minimum Gasteiger partial charge on any atom is -0.508 e. The van der Waals surface area contributed by atoms with Crippen molar-refractivity contribution in [1.82, 2.24) is 10.6 Å². The molecule has 47 heavy (non-hydrogen) atoms. The Morgan fingerprint density at radius 3 is 1.81 bits per heavy atom. The lowest BCUT2D eigenvalue weighted by Gasteiger charge is -2.24. The van der Waals surface area contributed by atoms with Crippen molar-refractivity contribution < 1.29 is 38.4 Å². The molecule has 4 aromatic carbocycles. The molecule has 4 rings (SSSR count). The van der Waals surface area contributed by atoms with Crippen molar-refractivity contribution in [2.24, 2.45) is 0 Å². The average Bonchev–Trinajstić information content (AvgIpc) is 3.11. The number of aromatic hydroxyl groups is 1. The molecular weight excluding hydrogens is 620 g/mol. The molecule has 0 saturated heterocycles. The van der Waals surface area contributed by atoms with Crippen molar-refractivity contribution >= 4 is 29.7 Å². The molecule has 3 N–H and O–H groups in total. The summed E-state index contributed by atoms with van der Waals surface area (Å²) in [5.41, 5.74) is 3.38. The van der Waals surface area contributed by atoms with Crippen molar-refractivity contribution in [2.45, 2.75) is 30.4 Å². The number of nitrogens with one attached hydrogen (secondary N) is 2. The van der Waals surface area contributed by atoms with E-state index in [1.54, 1.807) is 26.4 Å². The molecule has 0 radical (unpaired) electrons. The highest BCUT2D eigenvalue weighted by molar-refractivity contribution is 7.99. The molecule has 0 spiro atoms. The number of phenols is 1. The van der Waals surface area contributed by atoms with Crippen LogP contribution < -0.4 is 20.1 Å². The van der Waals surface area contributed by atoms with Gasteiger partial charge in [0.25, 0.3) is 0 Å². The van der Waals surface area contributed by atoms with Gasteiger partial charge in [0.15, 0.2) is 0 Å². The molecular formula is C36H38N2O8S. The summed E-state index contributed by atoms with van der Waals surface area (Å²) >= 11 is 1.44. The molecule has 0 aromatic heterocycles. The van der Waals surface area contributed by atoms with Gasteiger partial charge >= 0.3 is 12.1 Å². The van der Waals surface area contributed by atoms with Crippen LogP contribution in [0.4, 0.5) is 4.79 Å². The van der Waals surface area contributed by atoms with Gasteiger partial charge in [0, 0.05) is 12.2 Å². The standard InChI is InChI=1S/C36H38N2O8S/c1-43-29-17-11-26(12-18-29)33(27-13-19-30(44-2)20-14-27)47-23-32(38-36(42)46-22-25-7-5-4-6-8-25)34(40)37-31(35(41)45-3)21-24-9-15-28(39)16-10-24/h4-20,31-33,39H,21-23H2,1-3H3,(H,37,40)(H,38,42)/t31-,32-/m0/s1. The van der Waals surface area contributed by atoms with Crippen LogP contribution in [-0.4, -0.2) is 62.2 Å². The fraction of sp³-hybridized carbons (Fsp3) is 0.250. The SMILES string of the molecule is COC(=O)[C@H](Cc1ccc(O)cc1)NC(=O)[C@H](CSC(c1ccc(OC)cc1)c1ccc(OC)cc1)NC(=O)OCc1ccccc1. The number of benzene rings is 4. The predicted octanol–water partition coefficient (Wildman–Crippen LogP) is 5.43. The summed E-state index contributed by atoms with van der Waals surface area (Å²) in [4.78, 5) is 39.5. The third-order valence-corrected chi connectivity index (χ3v) is 8.67. The number of rotatable bonds is 15. The van der Waals surface area contributed by atoms with Gasteiger partial charge in [-0.05, 0) is 58.7 Å². The molecule has 2 atom stereocenters. The van der Waals surface area contributed by atoms with Crippen molar-refractivity contribution in [2.75, 3.05) is 27.1 Å². The third-order valence-electron chi connectivity index (χ3n) is 7.27. The molecule has 246 valence electrons. The van der Waals surface area contributed by atoms with E-state index in [0.717, 1.165) is 16.7 Å². The van der Waals surface area contributed by atoms with E-state index < -0.39 is 30.1 Å². The Labute approximate surface area is 278 Å². The van der Waals surface area contributed by atoms with Crippen LogP contribution in [0.1, 0.15) is 27.5 Å². The summed E-state index contributed by atoms with van der Waals surface area (Å²) in [5, 5.41) is 14.9. The molecule has 0 aliphatic carbocycles. The van der Waals surface area contributed by atoms with E-state index in [1.165, 1.54) is 31.0 Å². The molecule has 0 aliphatic rings. The maximum absolute atomic E-state index is 13.8. The second-order valence-electron chi connectivity index (χ2n) is 10.5. The van der Waals surface area contributed by atoms with Gasteiger partial charge in [-0.1, -0.05) is 66.7 Å². The second-order valence-corrected chi connectivity index (χ2v) is 11.6. The van der Waals surface area contributed by atoms with Crippen molar-refractivity contribution in [3.63, 3.8) is 0 Å². The number of hydrogen-bond acceptors (Lipinski definition) is 9. The van der Waals surface area contributed by atoms with E-state index in [4.69, 9.17) is 18.9 Å². The molecule has 0 fully saturated rings. The molecule has 0 bridgehead atoms. The van der Waals surface area contributed by atoms with Gasteiger partial charge in [0.2, 0.25) is 5.91 Å². The lowest BCUT2D eigenvalue weighted by Crippen LogP contribution is -2.53. The lowest BCUT2D eigenvalue weighted by molar-refractivity contribution is -0.145. The number of carbonyl (C=O) groups is 3. The zero-order valence-electron chi connectivity index (χ0n) is 26.4. The molecule has 0 aliphatic heterocycles. The van der Waals surface area contributed by atoms with E-state index in [2.05, 4.69) is 10.6 Å².